The molecule has 0 bridgehead atoms. The van der Waals surface area contributed by atoms with Gasteiger partial charge in [-0.3, -0.25) is 10.1 Å². The zero-order chi connectivity index (χ0) is 17.6. The summed E-state index contributed by atoms with van der Waals surface area (Å²) in [5.74, 6) is 4.51. The summed E-state index contributed by atoms with van der Waals surface area (Å²) >= 11 is 0. The molecule has 0 amide bonds. The van der Waals surface area contributed by atoms with E-state index in [2.05, 4.69) is 46.2 Å². The van der Waals surface area contributed by atoms with Crippen LogP contribution in [-0.4, -0.2) is 52.2 Å². The van der Waals surface area contributed by atoms with Crippen LogP contribution in [0.15, 0.2) is 27.8 Å². The van der Waals surface area contributed by atoms with Crippen molar-refractivity contribution in [2.24, 2.45) is 16.8 Å². The number of furan rings is 1. The summed E-state index contributed by atoms with van der Waals surface area (Å²) in [6, 6.07) is 3.69. The summed E-state index contributed by atoms with van der Waals surface area (Å²) in [4.78, 5) is 11.6. The maximum atomic E-state index is 5.32. The standard InChI is InChI=1S/C18H28N6O/c1-4-19-18(24-11-13(2)10-14(3)12-24)20-8-7-16-21-17(23-22-16)15-6-5-9-25-15/h5-6,9,13-14H,4,7-8,10-12H2,1-3H3,(H,19,20)(H,21,22,23). The molecule has 1 aliphatic heterocycles. The van der Waals surface area contributed by atoms with Crippen LogP contribution in [0.1, 0.15) is 33.0 Å². The normalized spacial score (nSPS) is 21.6. The first-order valence-corrected chi connectivity index (χ1v) is 9.14. The molecule has 1 saturated heterocycles. The molecule has 2 N–H and O–H groups in total. The quantitative estimate of drug-likeness (QED) is 0.643. The minimum atomic E-state index is 0.592. The summed E-state index contributed by atoms with van der Waals surface area (Å²) in [5, 5.41) is 10.6. The minimum absolute atomic E-state index is 0.592. The Hall–Kier alpha value is -2.31. The lowest BCUT2D eigenvalue weighted by Crippen LogP contribution is -2.48. The van der Waals surface area contributed by atoms with Crippen molar-refractivity contribution >= 4 is 5.96 Å². The number of likely N-dealkylation sites (tertiary alicyclic amines) is 1. The topological polar surface area (TPSA) is 82.3 Å². The molecule has 2 aromatic rings. The van der Waals surface area contributed by atoms with Crippen molar-refractivity contribution in [1.29, 1.82) is 0 Å². The number of guanidine groups is 1. The first-order valence-electron chi connectivity index (χ1n) is 9.14. The van der Waals surface area contributed by atoms with Gasteiger partial charge in [0.1, 0.15) is 5.82 Å². The van der Waals surface area contributed by atoms with E-state index in [-0.39, 0.29) is 0 Å². The first-order chi connectivity index (χ1) is 12.2. The van der Waals surface area contributed by atoms with Crippen LogP contribution in [-0.2, 0) is 6.42 Å². The molecule has 2 unspecified atom stereocenters. The van der Waals surface area contributed by atoms with E-state index in [9.17, 15) is 0 Å². The molecule has 1 fully saturated rings. The smallest absolute Gasteiger partial charge is 0.216 e. The predicted octanol–water partition coefficient (Wildman–Crippen LogP) is 2.55. The molecule has 0 spiro atoms. The van der Waals surface area contributed by atoms with Crippen molar-refractivity contribution in [3.05, 3.63) is 24.2 Å². The van der Waals surface area contributed by atoms with E-state index >= 15 is 0 Å². The molecule has 1 aliphatic rings. The molecule has 7 heteroatoms. The summed E-state index contributed by atoms with van der Waals surface area (Å²) in [6.07, 6.45) is 3.64. The molecule has 25 heavy (non-hydrogen) atoms. The maximum Gasteiger partial charge on any atom is 0.216 e. The van der Waals surface area contributed by atoms with Gasteiger partial charge in [-0.15, -0.1) is 0 Å². The van der Waals surface area contributed by atoms with Crippen molar-refractivity contribution in [2.45, 2.75) is 33.6 Å². The zero-order valence-corrected chi connectivity index (χ0v) is 15.3. The van der Waals surface area contributed by atoms with Crippen molar-refractivity contribution in [1.82, 2.24) is 25.4 Å². The Labute approximate surface area is 148 Å². The predicted molar refractivity (Wildman–Crippen MR) is 98.3 cm³/mol. The number of nitrogens with one attached hydrogen (secondary N) is 2. The lowest BCUT2D eigenvalue weighted by molar-refractivity contribution is 0.208. The van der Waals surface area contributed by atoms with Gasteiger partial charge in [0, 0.05) is 32.6 Å². The van der Waals surface area contributed by atoms with Gasteiger partial charge in [-0.25, -0.2) is 4.98 Å². The van der Waals surface area contributed by atoms with Crippen LogP contribution >= 0.6 is 0 Å². The third-order valence-corrected chi connectivity index (χ3v) is 4.39. The summed E-state index contributed by atoms with van der Waals surface area (Å²) < 4.78 is 5.32. The van der Waals surface area contributed by atoms with Crippen LogP contribution in [0.3, 0.4) is 0 Å². The van der Waals surface area contributed by atoms with Gasteiger partial charge in [0.15, 0.2) is 11.7 Å². The third-order valence-electron chi connectivity index (χ3n) is 4.39. The number of hydrogen-bond acceptors (Lipinski definition) is 4. The fourth-order valence-electron chi connectivity index (χ4n) is 3.45. The first kappa shape index (κ1) is 17.5. The van der Waals surface area contributed by atoms with Crippen LogP contribution in [0.4, 0.5) is 0 Å². The van der Waals surface area contributed by atoms with Gasteiger partial charge in [0.2, 0.25) is 5.82 Å². The van der Waals surface area contributed by atoms with E-state index in [1.165, 1.54) is 6.42 Å². The van der Waals surface area contributed by atoms with E-state index in [0.29, 0.717) is 30.0 Å². The number of rotatable bonds is 5. The Bertz CT molecular complexity index is 668. The lowest BCUT2D eigenvalue weighted by Gasteiger charge is -2.37. The van der Waals surface area contributed by atoms with Gasteiger partial charge < -0.3 is 14.6 Å². The van der Waals surface area contributed by atoms with Crippen molar-refractivity contribution in [3.8, 4) is 11.6 Å². The Balaban J connectivity index is 1.60. The molecule has 0 radical (unpaired) electrons. The Morgan fingerprint density at radius 3 is 2.88 bits per heavy atom. The molecule has 0 aliphatic carbocycles. The second kappa shape index (κ2) is 8.18. The highest BCUT2D eigenvalue weighted by Crippen LogP contribution is 2.21. The lowest BCUT2D eigenvalue weighted by atomic mass is 9.92. The fourth-order valence-corrected chi connectivity index (χ4v) is 3.45. The van der Waals surface area contributed by atoms with Crippen LogP contribution in [0.25, 0.3) is 11.6 Å². The van der Waals surface area contributed by atoms with Gasteiger partial charge in [0.05, 0.1) is 6.26 Å². The number of piperidine rings is 1. The van der Waals surface area contributed by atoms with Gasteiger partial charge in [-0.2, -0.15) is 5.10 Å². The highest BCUT2D eigenvalue weighted by atomic mass is 16.3. The van der Waals surface area contributed by atoms with Crippen molar-refractivity contribution in [3.63, 3.8) is 0 Å². The SMILES string of the molecule is CCNC(=NCCc1nc(-c2ccco2)n[nH]1)N1CC(C)CC(C)C1. The van der Waals surface area contributed by atoms with Crippen LogP contribution < -0.4 is 5.32 Å². The fraction of sp³-hybridized carbons (Fsp3) is 0.611. The molecule has 0 aromatic carbocycles. The van der Waals surface area contributed by atoms with Gasteiger partial charge in [-0.1, -0.05) is 13.8 Å². The number of aromatic amines is 1. The van der Waals surface area contributed by atoms with E-state index in [1.807, 2.05) is 12.1 Å². The largest absolute Gasteiger partial charge is 0.461 e. The second-order valence-corrected chi connectivity index (χ2v) is 6.92. The Morgan fingerprint density at radius 2 is 2.20 bits per heavy atom. The zero-order valence-electron chi connectivity index (χ0n) is 15.3. The van der Waals surface area contributed by atoms with Crippen molar-refractivity contribution < 1.29 is 4.42 Å². The molecule has 0 saturated carbocycles. The summed E-state index contributed by atoms with van der Waals surface area (Å²) in [6.45, 7) is 10.4. The highest BCUT2D eigenvalue weighted by Gasteiger charge is 2.23. The number of aromatic nitrogens is 3. The summed E-state index contributed by atoms with van der Waals surface area (Å²) in [5.41, 5.74) is 0. The molecule has 3 rings (SSSR count). The van der Waals surface area contributed by atoms with Gasteiger partial charge in [0.25, 0.3) is 0 Å². The van der Waals surface area contributed by atoms with E-state index < -0.39 is 0 Å². The maximum absolute atomic E-state index is 5.32. The highest BCUT2D eigenvalue weighted by molar-refractivity contribution is 5.80. The Kier molecular flexibility index (Phi) is 5.73. The third kappa shape index (κ3) is 4.61. The van der Waals surface area contributed by atoms with Crippen LogP contribution in [0.5, 0.6) is 0 Å². The molecule has 2 atom stereocenters. The molecular formula is C18H28N6O. The monoisotopic (exact) mass is 344 g/mol. The van der Waals surface area contributed by atoms with E-state index in [4.69, 9.17) is 9.41 Å². The van der Waals surface area contributed by atoms with Gasteiger partial charge >= 0.3 is 0 Å². The number of aliphatic imine (C=N–C) groups is 1. The van der Waals surface area contributed by atoms with E-state index in [0.717, 1.165) is 37.8 Å². The molecule has 2 aromatic heterocycles. The molecular weight excluding hydrogens is 316 g/mol. The van der Waals surface area contributed by atoms with Crippen molar-refractivity contribution in [2.75, 3.05) is 26.2 Å². The average Bonchev–Trinajstić information content (AvgIpc) is 3.24. The molecule has 3 heterocycles. The van der Waals surface area contributed by atoms with E-state index in [1.54, 1.807) is 6.26 Å². The summed E-state index contributed by atoms with van der Waals surface area (Å²) in [7, 11) is 0. The van der Waals surface area contributed by atoms with Gasteiger partial charge in [-0.05, 0) is 37.3 Å². The minimum Gasteiger partial charge on any atom is -0.461 e. The number of H-pyrrole nitrogens is 1. The number of hydrogen-bond donors (Lipinski definition) is 2. The van der Waals surface area contributed by atoms with Crippen LogP contribution in [0, 0.1) is 11.8 Å². The molecule has 136 valence electrons. The molecule has 7 nitrogen and oxygen atoms in total. The average molecular weight is 344 g/mol. The number of nitrogens with zero attached hydrogens (tertiary/aromatic N) is 4. The van der Waals surface area contributed by atoms with Crippen LogP contribution in [0.2, 0.25) is 0 Å². The second-order valence-electron chi connectivity index (χ2n) is 6.92. The Morgan fingerprint density at radius 1 is 1.40 bits per heavy atom.